The van der Waals surface area contributed by atoms with Crippen LogP contribution in [0.1, 0.15) is 20.3 Å². The summed E-state index contributed by atoms with van der Waals surface area (Å²) in [6, 6.07) is 3.03. The van der Waals surface area contributed by atoms with Crippen molar-refractivity contribution in [1.82, 2.24) is 4.72 Å². The molecular weight excluding hydrogens is 325 g/mol. The molecule has 1 atom stereocenters. The lowest BCUT2D eigenvalue weighted by Gasteiger charge is -2.17. The van der Waals surface area contributed by atoms with E-state index in [1.54, 1.807) is 13.8 Å². The number of carbonyl (C=O) groups is 1. The SMILES string of the molecule is CC(C)C[C@@H](NS(=O)(=O)c1c(Cl)cccc1Cl)C(=O)O. The molecule has 1 aromatic carbocycles. The van der Waals surface area contributed by atoms with Crippen molar-refractivity contribution >= 4 is 39.2 Å². The van der Waals surface area contributed by atoms with Crippen LogP contribution in [-0.4, -0.2) is 25.5 Å². The predicted molar refractivity (Wildman–Crippen MR) is 77.7 cm³/mol. The Balaban J connectivity index is 3.13. The molecule has 8 heteroatoms. The first-order chi connectivity index (χ1) is 9.15. The molecule has 0 radical (unpaired) electrons. The van der Waals surface area contributed by atoms with Crippen LogP contribution in [0.25, 0.3) is 0 Å². The zero-order valence-corrected chi connectivity index (χ0v) is 13.3. The van der Waals surface area contributed by atoms with Gasteiger partial charge in [-0.15, -0.1) is 0 Å². The summed E-state index contributed by atoms with van der Waals surface area (Å²) >= 11 is 11.7. The van der Waals surface area contributed by atoms with Crippen LogP contribution in [0.3, 0.4) is 0 Å². The number of rotatable bonds is 6. The minimum Gasteiger partial charge on any atom is -0.480 e. The number of aliphatic carboxylic acids is 1. The number of carboxylic acids is 1. The molecule has 0 aliphatic rings. The van der Waals surface area contributed by atoms with Crippen molar-refractivity contribution in [2.45, 2.75) is 31.2 Å². The molecular formula is C12H15Cl2NO4S. The van der Waals surface area contributed by atoms with Gasteiger partial charge in [0.15, 0.2) is 0 Å². The minimum absolute atomic E-state index is 0.0144. The lowest BCUT2D eigenvalue weighted by molar-refractivity contribution is -0.139. The third kappa shape index (κ3) is 4.34. The highest BCUT2D eigenvalue weighted by Gasteiger charge is 2.29. The van der Waals surface area contributed by atoms with E-state index in [9.17, 15) is 13.2 Å². The summed E-state index contributed by atoms with van der Waals surface area (Å²) < 4.78 is 26.6. The number of halogens is 2. The molecule has 20 heavy (non-hydrogen) atoms. The Kier molecular flexibility index (Phi) is 5.82. The van der Waals surface area contributed by atoms with E-state index in [0.717, 1.165) is 0 Å². The highest BCUT2D eigenvalue weighted by Crippen LogP contribution is 2.29. The first-order valence-electron chi connectivity index (χ1n) is 5.84. The smallest absolute Gasteiger partial charge is 0.321 e. The Morgan fingerprint density at radius 3 is 2.20 bits per heavy atom. The Labute approximate surface area is 127 Å². The van der Waals surface area contributed by atoms with E-state index < -0.39 is 22.0 Å². The Hall–Kier alpha value is -0.820. The third-order valence-electron chi connectivity index (χ3n) is 2.49. The van der Waals surface area contributed by atoms with Crippen LogP contribution < -0.4 is 4.72 Å². The van der Waals surface area contributed by atoms with Gasteiger partial charge in [-0.1, -0.05) is 43.1 Å². The summed E-state index contributed by atoms with van der Waals surface area (Å²) in [6.45, 7) is 3.60. The van der Waals surface area contributed by atoms with Crippen LogP contribution in [0.4, 0.5) is 0 Å². The van der Waals surface area contributed by atoms with E-state index in [0.29, 0.717) is 0 Å². The zero-order valence-electron chi connectivity index (χ0n) is 10.9. The van der Waals surface area contributed by atoms with E-state index in [2.05, 4.69) is 4.72 Å². The molecule has 0 spiro atoms. The van der Waals surface area contributed by atoms with E-state index in [4.69, 9.17) is 28.3 Å². The van der Waals surface area contributed by atoms with Crippen molar-refractivity contribution in [3.8, 4) is 0 Å². The normalized spacial score (nSPS) is 13.4. The molecule has 0 heterocycles. The number of sulfonamides is 1. The first kappa shape index (κ1) is 17.2. The maximum atomic E-state index is 12.2. The molecule has 0 aromatic heterocycles. The Morgan fingerprint density at radius 2 is 1.80 bits per heavy atom. The topological polar surface area (TPSA) is 83.5 Å². The molecule has 5 nitrogen and oxygen atoms in total. The van der Waals surface area contributed by atoms with Gasteiger partial charge in [-0.05, 0) is 24.5 Å². The van der Waals surface area contributed by atoms with Gasteiger partial charge < -0.3 is 5.11 Å². The Morgan fingerprint density at radius 1 is 1.30 bits per heavy atom. The fourth-order valence-corrected chi connectivity index (χ4v) is 4.00. The number of carboxylic acid groups (broad SMARTS) is 1. The third-order valence-corrected chi connectivity index (χ3v) is 4.92. The molecule has 0 saturated carbocycles. The average molecular weight is 340 g/mol. The summed E-state index contributed by atoms with van der Waals surface area (Å²) in [5, 5.41) is 8.96. The highest BCUT2D eigenvalue weighted by atomic mass is 35.5. The van der Waals surface area contributed by atoms with Crippen molar-refractivity contribution in [1.29, 1.82) is 0 Å². The zero-order chi connectivity index (χ0) is 15.5. The van der Waals surface area contributed by atoms with E-state index >= 15 is 0 Å². The number of hydrogen-bond donors (Lipinski definition) is 2. The minimum atomic E-state index is -4.11. The number of benzene rings is 1. The Bertz CT molecular complexity index is 581. The van der Waals surface area contributed by atoms with Crippen molar-refractivity contribution in [3.05, 3.63) is 28.2 Å². The van der Waals surface area contributed by atoms with Gasteiger partial charge in [-0.3, -0.25) is 4.79 Å². The second-order valence-electron chi connectivity index (χ2n) is 4.69. The van der Waals surface area contributed by atoms with Gasteiger partial charge in [0.1, 0.15) is 10.9 Å². The van der Waals surface area contributed by atoms with Crippen LogP contribution in [0.2, 0.25) is 10.0 Å². The second kappa shape index (κ2) is 6.76. The van der Waals surface area contributed by atoms with Crippen LogP contribution in [0.5, 0.6) is 0 Å². The predicted octanol–water partition coefficient (Wildman–Crippen LogP) is 2.77. The summed E-state index contributed by atoms with van der Waals surface area (Å²) in [6.07, 6.45) is 0.163. The molecule has 1 aromatic rings. The van der Waals surface area contributed by atoms with Crippen molar-refractivity contribution < 1.29 is 18.3 Å². The van der Waals surface area contributed by atoms with Crippen LogP contribution in [0.15, 0.2) is 23.1 Å². The molecule has 0 bridgehead atoms. The largest absolute Gasteiger partial charge is 0.480 e. The van der Waals surface area contributed by atoms with Gasteiger partial charge in [-0.2, -0.15) is 4.72 Å². The number of hydrogen-bond acceptors (Lipinski definition) is 3. The van der Waals surface area contributed by atoms with Gasteiger partial charge in [0.25, 0.3) is 0 Å². The average Bonchev–Trinajstić information content (AvgIpc) is 2.26. The summed E-state index contributed by atoms with van der Waals surface area (Å²) in [4.78, 5) is 10.8. The molecule has 0 amide bonds. The van der Waals surface area contributed by atoms with Crippen LogP contribution >= 0.6 is 23.2 Å². The molecule has 0 saturated heterocycles. The standard InChI is InChI=1S/C12H15Cl2NO4S/c1-7(2)6-10(12(16)17)15-20(18,19)11-8(13)4-3-5-9(11)14/h3-5,7,10,15H,6H2,1-2H3,(H,16,17)/t10-/m1/s1. The van der Waals surface area contributed by atoms with Crippen LogP contribution in [0, 0.1) is 5.92 Å². The molecule has 0 aliphatic heterocycles. The van der Waals surface area contributed by atoms with Gasteiger partial charge in [0.05, 0.1) is 10.0 Å². The maximum Gasteiger partial charge on any atom is 0.321 e. The van der Waals surface area contributed by atoms with E-state index in [-0.39, 0.29) is 27.3 Å². The summed E-state index contributed by atoms with van der Waals surface area (Å²) in [5.41, 5.74) is 0. The van der Waals surface area contributed by atoms with Crippen molar-refractivity contribution in [2.75, 3.05) is 0 Å². The van der Waals surface area contributed by atoms with Gasteiger partial charge >= 0.3 is 5.97 Å². The monoisotopic (exact) mass is 339 g/mol. The van der Waals surface area contributed by atoms with Gasteiger partial charge in [0.2, 0.25) is 10.0 Å². The molecule has 0 fully saturated rings. The molecule has 112 valence electrons. The lowest BCUT2D eigenvalue weighted by atomic mass is 10.1. The van der Waals surface area contributed by atoms with Crippen LogP contribution in [-0.2, 0) is 14.8 Å². The maximum absolute atomic E-state index is 12.2. The van der Waals surface area contributed by atoms with Gasteiger partial charge in [-0.25, -0.2) is 8.42 Å². The van der Waals surface area contributed by atoms with E-state index in [1.165, 1.54) is 18.2 Å². The molecule has 2 N–H and O–H groups in total. The second-order valence-corrected chi connectivity index (χ2v) is 7.16. The molecule has 0 aliphatic carbocycles. The molecule has 1 rings (SSSR count). The van der Waals surface area contributed by atoms with Crippen molar-refractivity contribution in [2.24, 2.45) is 5.92 Å². The lowest BCUT2D eigenvalue weighted by Crippen LogP contribution is -2.41. The quantitative estimate of drug-likeness (QED) is 0.834. The summed E-state index contributed by atoms with van der Waals surface area (Å²) in [5.74, 6) is -1.23. The van der Waals surface area contributed by atoms with Crippen molar-refractivity contribution in [3.63, 3.8) is 0 Å². The first-order valence-corrected chi connectivity index (χ1v) is 8.08. The summed E-state index contributed by atoms with van der Waals surface area (Å²) in [7, 11) is -4.11. The van der Waals surface area contributed by atoms with Gasteiger partial charge in [0, 0.05) is 0 Å². The fraction of sp³-hybridized carbons (Fsp3) is 0.417. The highest BCUT2D eigenvalue weighted by molar-refractivity contribution is 7.89. The number of nitrogens with one attached hydrogen (secondary N) is 1. The fourth-order valence-electron chi connectivity index (χ4n) is 1.66. The molecule has 0 unspecified atom stereocenters. The van der Waals surface area contributed by atoms with E-state index in [1.807, 2.05) is 0 Å².